The molecule has 0 radical (unpaired) electrons. The molecule has 29 heavy (non-hydrogen) atoms. The molecule has 3 rings (SSSR count). The highest BCUT2D eigenvalue weighted by molar-refractivity contribution is 7.92. The molecule has 0 fully saturated rings. The number of hydrogen-bond donors (Lipinski definition) is 1. The van der Waals surface area contributed by atoms with Crippen LogP contribution < -0.4 is 9.62 Å². The summed E-state index contributed by atoms with van der Waals surface area (Å²) in [6, 6.07) is 18.1. The van der Waals surface area contributed by atoms with Crippen LogP contribution in [0.5, 0.6) is 0 Å². The first-order chi connectivity index (χ1) is 13.8. The minimum Gasteiger partial charge on any atom is -0.350 e. The predicted octanol–water partition coefficient (Wildman–Crippen LogP) is 3.84. The summed E-state index contributed by atoms with van der Waals surface area (Å²) < 4.78 is 40.0. The van der Waals surface area contributed by atoms with Crippen molar-refractivity contribution in [2.45, 2.75) is 25.9 Å². The van der Waals surface area contributed by atoms with E-state index in [2.05, 4.69) is 5.32 Å². The van der Waals surface area contributed by atoms with Crippen LogP contribution in [0.1, 0.15) is 18.9 Å². The molecule has 0 spiro atoms. The fourth-order valence-electron chi connectivity index (χ4n) is 3.41. The molecule has 1 N–H and O–H groups in total. The van der Waals surface area contributed by atoms with Gasteiger partial charge in [-0.05, 0) is 34.9 Å². The lowest BCUT2D eigenvalue weighted by Gasteiger charge is -2.30. The highest BCUT2D eigenvalue weighted by Gasteiger charge is 2.32. The molecular weight excluding hydrogens is 391 g/mol. The molecule has 0 aliphatic heterocycles. The Balaban J connectivity index is 1.88. The molecule has 0 aliphatic rings. The Morgan fingerprint density at radius 1 is 1.03 bits per heavy atom. The van der Waals surface area contributed by atoms with Crippen molar-refractivity contribution in [1.29, 1.82) is 0 Å². The van der Waals surface area contributed by atoms with Crippen molar-refractivity contribution in [2.24, 2.45) is 0 Å². The predicted molar refractivity (Wildman–Crippen MR) is 114 cm³/mol. The lowest BCUT2D eigenvalue weighted by Crippen LogP contribution is -2.49. The fourth-order valence-corrected chi connectivity index (χ4v) is 4.63. The largest absolute Gasteiger partial charge is 0.350 e. The van der Waals surface area contributed by atoms with Crippen molar-refractivity contribution in [2.75, 3.05) is 10.6 Å². The summed E-state index contributed by atoms with van der Waals surface area (Å²) >= 11 is 0. The Morgan fingerprint density at radius 3 is 2.38 bits per heavy atom. The molecule has 0 unspecified atom stereocenters. The van der Waals surface area contributed by atoms with Crippen LogP contribution in [0.25, 0.3) is 10.8 Å². The summed E-state index contributed by atoms with van der Waals surface area (Å²) in [6.45, 7) is 1.94. The van der Waals surface area contributed by atoms with Gasteiger partial charge in [-0.3, -0.25) is 9.10 Å². The van der Waals surface area contributed by atoms with Crippen molar-refractivity contribution in [3.8, 4) is 0 Å². The molecule has 3 aromatic rings. The minimum atomic E-state index is -3.88. The van der Waals surface area contributed by atoms with Gasteiger partial charge in [0, 0.05) is 6.54 Å². The van der Waals surface area contributed by atoms with E-state index in [1.807, 2.05) is 42.5 Å². The number of anilines is 1. The molecule has 0 bridgehead atoms. The summed E-state index contributed by atoms with van der Waals surface area (Å²) in [7, 11) is -3.88. The topological polar surface area (TPSA) is 66.5 Å². The lowest BCUT2D eigenvalue weighted by molar-refractivity contribution is -0.122. The fraction of sp³-hybridized carbons (Fsp3) is 0.227. The van der Waals surface area contributed by atoms with Crippen molar-refractivity contribution in [3.05, 3.63) is 78.1 Å². The summed E-state index contributed by atoms with van der Waals surface area (Å²) in [5.74, 6) is -1.17. The van der Waals surface area contributed by atoms with E-state index in [0.717, 1.165) is 26.9 Å². The molecule has 3 aromatic carbocycles. The third-order valence-corrected chi connectivity index (χ3v) is 5.92. The molecule has 1 amide bonds. The van der Waals surface area contributed by atoms with Crippen LogP contribution in [-0.2, 0) is 21.4 Å². The molecule has 152 valence electrons. The number of carbonyl (C=O) groups excluding carboxylic acids is 1. The van der Waals surface area contributed by atoms with Gasteiger partial charge < -0.3 is 5.32 Å². The van der Waals surface area contributed by atoms with E-state index in [-0.39, 0.29) is 18.7 Å². The average molecular weight is 415 g/mol. The number of rotatable bonds is 7. The SMILES string of the molecule is CC[C@@H](C(=O)NCc1cccc2ccccc12)N(c1ccccc1F)S(C)(=O)=O. The smallest absolute Gasteiger partial charge is 0.244 e. The molecule has 0 aliphatic carbocycles. The highest BCUT2D eigenvalue weighted by atomic mass is 32.2. The van der Waals surface area contributed by atoms with Crippen LogP contribution >= 0.6 is 0 Å². The van der Waals surface area contributed by atoms with Gasteiger partial charge in [-0.25, -0.2) is 12.8 Å². The number of benzene rings is 3. The van der Waals surface area contributed by atoms with Gasteiger partial charge in [0.15, 0.2) is 0 Å². The van der Waals surface area contributed by atoms with E-state index in [1.54, 1.807) is 6.92 Å². The quantitative estimate of drug-likeness (QED) is 0.639. The van der Waals surface area contributed by atoms with Gasteiger partial charge >= 0.3 is 0 Å². The number of carbonyl (C=O) groups is 1. The van der Waals surface area contributed by atoms with Crippen LogP contribution in [0.15, 0.2) is 66.7 Å². The number of para-hydroxylation sites is 1. The maximum atomic E-state index is 14.3. The summed E-state index contributed by atoms with van der Waals surface area (Å²) in [5, 5.41) is 4.88. The molecule has 0 aromatic heterocycles. The molecule has 7 heteroatoms. The Morgan fingerprint density at radius 2 is 1.69 bits per heavy atom. The number of sulfonamides is 1. The summed E-state index contributed by atoms with van der Waals surface area (Å²) in [6.07, 6.45) is 1.17. The van der Waals surface area contributed by atoms with Crippen LogP contribution in [0.2, 0.25) is 0 Å². The standard InChI is InChI=1S/C22H23FN2O3S/c1-3-20(25(29(2,27)28)21-14-7-6-13-19(21)23)22(26)24-15-17-11-8-10-16-9-4-5-12-18(16)17/h4-14,20H,3,15H2,1-2H3,(H,24,26)/t20-/m0/s1. The Hall–Kier alpha value is -2.93. The normalized spacial score (nSPS) is 12.5. The number of fused-ring (bicyclic) bond motifs is 1. The molecule has 0 saturated heterocycles. The van der Waals surface area contributed by atoms with Gasteiger partial charge in [-0.15, -0.1) is 0 Å². The number of nitrogens with zero attached hydrogens (tertiary/aromatic N) is 1. The monoisotopic (exact) mass is 414 g/mol. The van der Waals surface area contributed by atoms with Crippen molar-refractivity contribution < 1.29 is 17.6 Å². The first-order valence-corrected chi connectivity index (χ1v) is 11.2. The average Bonchev–Trinajstić information content (AvgIpc) is 2.70. The van der Waals surface area contributed by atoms with Gasteiger partial charge in [0.1, 0.15) is 11.9 Å². The third kappa shape index (κ3) is 4.56. The summed E-state index contributed by atoms with van der Waals surface area (Å²) in [4.78, 5) is 12.9. The van der Waals surface area contributed by atoms with E-state index in [1.165, 1.54) is 24.3 Å². The van der Waals surface area contributed by atoms with Gasteiger partial charge in [0.05, 0.1) is 11.9 Å². The van der Waals surface area contributed by atoms with Crippen molar-refractivity contribution >= 4 is 32.4 Å². The first-order valence-electron chi connectivity index (χ1n) is 9.31. The second kappa shape index (κ2) is 8.61. The molecule has 0 heterocycles. The maximum absolute atomic E-state index is 14.3. The molecular formula is C22H23FN2O3S. The Kier molecular flexibility index (Phi) is 6.17. The zero-order valence-electron chi connectivity index (χ0n) is 16.3. The van der Waals surface area contributed by atoms with E-state index in [9.17, 15) is 17.6 Å². The Bertz CT molecular complexity index is 1130. The van der Waals surface area contributed by atoms with Gasteiger partial charge in [0.25, 0.3) is 0 Å². The third-order valence-electron chi connectivity index (χ3n) is 4.75. The van der Waals surface area contributed by atoms with Crippen LogP contribution in [0.3, 0.4) is 0 Å². The molecule has 5 nitrogen and oxygen atoms in total. The number of hydrogen-bond acceptors (Lipinski definition) is 3. The summed E-state index contributed by atoms with van der Waals surface area (Å²) in [5.41, 5.74) is 0.783. The van der Waals surface area contributed by atoms with Crippen molar-refractivity contribution in [1.82, 2.24) is 5.32 Å². The van der Waals surface area contributed by atoms with Gasteiger partial charge in [0.2, 0.25) is 15.9 Å². The number of amides is 1. The second-order valence-corrected chi connectivity index (χ2v) is 8.65. The number of halogens is 1. The zero-order chi connectivity index (χ0) is 21.0. The van der Waals surface area contributed by atoms with E-state index in [4.69, 9.17) is 0 Å². The lowest BCUT2D eigenvalue weighted by atomic mass is 10.0. The van der Waals surface area contributed by atoms with Crippen LogP contribution in [0.4, 0.5) is 10.1 Å². The van der Waals surface area contributed by atoms with Crippen LogP contribution in [0, 0.1) is 5.82 Å². The Labute approximate surface area is 170 Å². The van der Waals surface area contributed by atoms with E-state index >= 15 is 0 Å². The molecule has 0 saturated carbocycles. The van der Waals surface area contributed by atoms with Crippen molar-refractivity contribution in [3.63, 3.8) is 0 Å². The number of nitrogens with one attached hydrogen (secondary N) is 1. The maximum Gasteiger partial charge on any atom is 0.244 e. The van der Waals surface area contributed by atoms with Crippen LogP contribution in [-0.4, -0.2) is 26.6 Å². The highest BCUT2D eigenvalue weighted by Crippen LogP contribution is 2.25. The van der Waals surface area contributed by atoms with E-state index in [0.29, 0.717) is 0 Å². The first kappa shape index (κ1) is 20.8. The zero-order valence-corrected chi connectivity index (χ0v) is 17.1. The molecule has 1 atom stereocenters. The second-order valence-electron chi connectivity index (χ2n) is 6.79. The van der Waals surface area contributed by atoms with Gasteiger partial charge in [-0.2, -0.15) is 0 Å². The van der Waals surface area contributed by atoms with E-state index < -0.39 is 27.8 Å². The minimum absolute atomic E-state index is 0.137. The van der Waals surface area contributed by atoms with Gasteiger partial charge in [-0.1, -0.05) is 61.5 Å².